The van der Waals surface area contributed by atoms with Gasteiger partial charge in [-0.2, -0.15) is 0 Å². The number of hydrogen-bond acceptors (Lipinski definition) is 6. The molecule has 0 radical (unpaired) electrons. The van der Waals surface area contributed by atoms with Gasteiger partial charge in [-0.1, -0.05) is 45.9 Å². The molecule has 39 heavy (non-hydrogen) atoms. The first-order chi connectivity index (χ1) is 18.4. The Balaban J connectivity index is 1.24. The third kappa shape index (κ3) is 6.94. The second-order valence-electron chi connectivity index (χ2n) is 12.1. The monoisotopic (exact) mass is 552 g/mol. The maximum Gasteiger partial charge on any atom is 0.251 e. The van der Waals surface area contributed by atoms with Gasteiger partial charge in [0, 0.05) is 30.0 Å². The van der Waals surface area contributed by atoms with Crippen molar-refractivity contribution in [3.8, 4) is 10.4 Å². The van der Waals surface area contributed by atoms with Gasteiger partial charge in [0.2, 0.25) is 11.8 Å². The molecule has 2 aliphatic heterocycles. The molecule has 4 rings (SSSR count). The van der Waals surface area contributed by atoms with E-state index in [-0.39, 0.29) is 47.4 Å². The lowest BCUT2D eigenvalue weighted by Gasteiger charge is -2.29. The first-order valence-corrected chi connectivity index (χ1v) is 14.6. The lowest BCUT2D eigenvalue weighted by molar-refractivity contribution is -0.137. The molecule has 1 aromatic heterocycles. The Hall–Kier alpha value is -3.04. The van der Waals surface area contributed by atoms with Crippen molar-refractivity contribution in [2.75, 3.05) is 19.6 Å². The van der Waals surface area contributed by atoms with Crippen LogP contribution < -0.4 is 11.1 Å². The van der Waals surface area contributed by atoms with Gasteiger partial charge >= 0.3 is 0 Å². The molecule has 1 aromatic carbocycles. The molecule has 3 N–H and O–H groups in total. The Labute approximate surface area is 234 Å². The zero-order valence-corrected chi connectivity index (χ0v) is 24.1. The molecule has 8 nitrogen and oxygen atoms in total. The van der Waals surface area contributed by atoms with E-state index in [0.717, 1.165) is 10.4 Å². The Bertz CT molecular complexity index is 1190. The van der Waals surface area contributed by atoms with E-state index in [9.17, 15) is 19.2 Å². The van der Waals surface area contributed by atoms with Crippen LogP contribution in [0.4, 0.5) is 0 Å². The summed E-state index contributed by atoms with van der Waals surface area (Å²) in [5.41, 5.74) is 7.78. The van der Waals surface area contributed by atoms with Crippen molar-refractivity contribution < 1.29 is 19.2 Å². The van der Waals surface area contributed by atoms with Gasteiger partial charge in [-0.15, -0.1) is 11.3 Å². The summed E-state index contributed by atoms with van der Waals surface area (Å²) in [5, 5.41) is 4.97. The molecule has 9 heteroatoms. The van der Waals surface area contributed by atoms with Gasteiger partial charge in [0.25, 0.3) is 5.91 Å². The fraction of sp³-hybridized carbons (Fsp3) is 0.533. The van der Waals surface area contributed by atoms with E-state index in [2.05, 4.69) is 5.32 Å². The highest BCUT2D eigenvalue weighted by Gasteiger charge is 2.51. The van der Waals surface area contributed by atoms with E-state index < -0.39 is 12.1 Å². The number of nitrogens with two attached hydrogens (primary N) is 1. The second kappa shape index (κ2) is 12.0. The standard InChI is InChI=1S/C30H40N4O4S/c1-19(11-13-32-28(37)21-9-7-20(8-10-21)25-6-5-15-39-25)16-26(36)33-14-12-23-27(33)24(35)18-34(23)29(38)22(31)17-30(2,3)4/h5-10,15,19,22-23,27H,11-14,16-18,31H2,1-4H3,(H,32,37). The summed E-state index contributed by atoms with van der Waals surface area (Å²) in [4.78, 5) is 56.0. The van der Waals surface area contributed by atoms with Crippen LogP contribution in [-0.4, -0.2) is 71.1 Å². The predicted molar refractivity (Wildman–Crippen MR) is 153 cm³/mol. The molecule has 2 fully saturated rings. The first kappa shape index (κ1) is 29.0. The second-order valence-corrected chi connectivity index (χ2v) is 13.0. The molecule has 0 aliphatic carbocycles. The largest absolute Gasteiger partial charge is 0.352 e. The first-order valence-electron chi connectivity index (χ1n) is 13.7. The average Bonchev–Trinajstić information content (AvgIpc) is 3.62. The average molecular weight is 553 g/mol. The summed E-state index contributed by atoms with van der Waals surface area (Å²) in [7, 11) is 0. The minimum Gasteiger partial charge on any atom is -0.352 e. The van der Waals surface area contributed by atoms with Crippen LogP contribution in [0.1, 0.15) is 63.7 Å². The van der Waals surface area contributed by atoms with Crippen LogP contribution in [0.25, 0.3) is 10.4 Å². The molecule has 0 spiro atoms. The molecule has 3 amide bonds. The summed E-state index contributed by atoms with van der Waals surface area (Å²) in [6, 6.07) is 10.1. The number of Topliss-reactive ketones (excluding diaryl/α,β-unsaturated/α-hetero) is 1. The number of amides is 3. The van der Waals surface area contributed by atoms with E-state index in [4.69, 9.17) is 5.73 Å². The van der Waals surface area contributed by atoms with Gasteiger partial charge < -0.3 is 20.9 Å². The highest BCUT2D eigenvalue weighted by molar-refractivity contribution is 7.13. The molecule has 4 atom stereocenters. The number of likely N-dealkylation sites (tertiary alicyclic amines) is 2. The van der Waals surface area contributed by atoms with Crippen molar-refractivity contribution in [2.24, 2.45) is 17.1 Å². The van der Waals surface area contributed by atoms with Crippen LogP contribution in [0.3, 0.4) is 0 Å². The van der Waals surface area contributed by atoms with Crippen molar-refractivity contribution >= 4 is 34.8 Å². The maximum atomic E-state index is 13.1. The van der Waals surface area contributed by atoms with Crippen LogP contribution in [-0.2, 0) is 14.4 Å². The quantitative estimate of drug-likeness (QED) is 0.493. The Morgan fingerprint density at radius 3 is 2.49 bits per heavy atom. The smallest absolute Gasteiger partial charge is 0.251 e. The molecule has 3 heterocycles. The highest BCUT2D eigenvalue weighted by atomic mass is 32.1. The zero-order valence-electron chi connectivity index (χ0n) is 23.3. The predicted octanol–water partition coefficient (Wildman–Crippen LogP) is 3.71. The molecular weight excluding hydrogens is 512 g/mol. The van der Waals surface area contributed by atoms with Crippen molar-refractivity contribution in [3.05, 3.63) is 47.3 Å². The topological polar surface area (TPSA) is 113 Å². The van der Waals surface area contributed by atoms with E-state index in [1.165, 1.54) is 0 Å². The fourth-order valence-electron chi connectivity index (χ4n) is 5.63. The van der Waals surface area contributed by atoms with Crippen LogP contribution >= 0.6 is 11.3 Å². The number of carbonyl (C=O) groups is 4. The molecule has 210 valence electrons. The minimum atomic E-state index is -0.657. The lowest BCUT2D eigenvalue weighted by atomic mass is 9.88. The van der Waals surface area contributed by atoms with Crippen LogP contribution in [0, 0.1) is 11.3 Å². The van der Waals surface area contributed by atoms with Gasteiger partial charge in [-0.3, -0.25) is 19.2 Å². The lowest BCUT2D eigenvalue weighted by Crippen LogP contribution is -2.49. The normalized spacial score (nSPS) is 20.6. The number of nitrogens with one attached hydrogen (secondary N) is 1. The highest BCUT2D eigenvalue weighted by Crippen LogP contribution is 2.32. The SMILES string of the molecule is CC(CCNC(=O)c1ccc(-c2cccs2)cc1)CC(=O)N1CCC2C1C(=O)CN2C(=O)C(N)CC(C)(C)C. The molecule has 0 bridgehead atoms. The van der Waals surface area contributed by atoms with Crippen molar-refractivity contribution in [1.29, 1.82) is 0 Å². The summed E-state index contributed by atoms with van der Waals surface area (Å²) in [5.74, 6) is -0.475. The van der Waals surface area contributed by atoms with Gasteiger partial charge in [0.1, 0.15) is 6.04 Å². The van der Waals surface area contributed by atoms with Crippen LogP contribution in [0.15, 0.2) is 41.8 Å². The fourth-order valence-corrected chi connectivity index (χ4v) is 6.36. The number of hydrogen-bond donors (Lipinski definition) is 2. The molecule has 0 saturated carbocycles. The van der Waals surface area contributed by atoms with Gasteiger partial charge in [0.05, 0.1) is 18.6 Å². The van der Waals surface area contributed by atoms with Gasteiger partial charge in [0.15, 0.2) is 5.78 Å². The van der Waals surface area contributed by atoms with Crippen molar-refractivity contribution in [2.45, 2.75) is 71.5 Å². The minimum absolute atomic E-state index is 0.0195. The Morgan fingerprint density at radius 1 is 1.13 bits per heavy atom. The van der Waals surface area contributed by atoms with E-state index in [0.29, 0.717) is 44.3 Å². The van der Waals surface area contributed by atoms with Crippen LogP contribution in [0.5, 0.6) is 0 Å². The summed E-state index contributed by atoms with van der Waals surface area (Å²) in [6.45, 7) is 9.01. The van der Waals surface area contributed by atoms with E-state index in [1.807, 2.05) is 69.5 Å². The Kier molecular flexibility index (Phi) is 8.91. The number of thiophene rings is 1. The maximum absolute atomic E-state index is 13.1. The number of carbonyl (C=O) groups excluding carboxylic acids is 4. The zero-order chi connectivity index (χ0) is 28.3. The summed E-state index contributed by atoms with van der Waals surface area (Å²) in [6.07, 6.45) is 2.06. The van der Waals surface area contributed by atoms with Gasteiger partial charge in [-0.25, -0.2) is 0 Å². The number of nitrogens with zero attached hydrogens (tertiary/aromatic N) is 2. The van der Waals surface area contributed by atoms with Gasteiger partial charge in [-0.05, 0) is 59.7 Å². The molecule has 2 saturated heterocycles. The number of fused-ring (bicyclic) bond motifs is 1. The van der Waals surface area contributed by atoms with E-state index >= 15 is 0 Å². The third-order valence-electron chi connectivity index (χ3n) is 7.57. The molecule has 2 aromatic rings. The van der Waals surface area contributed by atoms with Crippen molar-refractivity contribution in [3.63, 3.8) is 0 Å². The number of ketones is 1. The Morgan fingerprint density at radius 2 is 1.85 bits per heavy atom. The number of rotatable bonds is 9. The summed E-state index contributed by atoms with van der Waals surface area (Å²) >= 11 is 1.66. The molecule has 4 unspecified atom stereocenters. The molecular formula is C30H40N4O4S. The van der Waals surface area contributed by atoms with Crippen molar-refractivity contribution in [1.82, 2.24) is 15.1 Å². The van der Waals surface area contributed by atoms with Crippen LogP contribution in [0.2, 0.25) is 0 Å². The third-order valence-corrected chi connectivity index (χ3v) is 8.49. The summed E-state index contributed by atoms with van der Waals surface area (Å²) < 4.78 is 0. The molecule has 2 aliphatic rings. The van der Waals surface area contributed by atoms with E-state index in [1.54, 1.807) is 21.1 Å². The number of benzene rings is 1.